The molecule has 0 saturated heterocycles. The fourth-order valence-electron chi connectivity index (χ4n) is 2.11. The summed E-state index contributed by atoms with van der Waals surface area (Å²) in [6.45, 7) is 0. The molecule has 0 radical (unpaired) electrons. The third-order valence-electron chi connectivity index (χ3n) is 2.87. The summed E-state index contributed by atoms with van der Waals surface area (Å²) >= 11 is 0. The molecule has 1 aliphatic carbocycles. The Hall–Kier alpha value is -1.83. The smallest absolute Gasteiger partial charge is 0.0485 e. The van der Waals surface area contributed by atoms with Gasteiger partial charge in [-0.25, -0.2) is 0 Å². The molecule has 0 aliphatic heterocycles. The summed E-state index contributed by atoms with van der Waals surface area (Å²) < 4.78 is 0. The first-order valence-electron chi connectivity index (χ1n) is 5.18. The Kier molecular flexibility index (Phi) is 1.75. The van der Waals surface area contributed by atoms with Crippen LogP contribution in [0.4, 0.5) is 5.69 Å². The van der Waals surface area contributed by atoms with Gasteiger partial charge in [0.25, 0.3) is 0 Å². The molecule has 0 fully saturated rings. The van der Waals surface area contributed by atoms with Crippen molar-refractivity contribution in [2.24, 2.45) is 0 Å². The van der Waals surface area contributed by atoms with Crippen LogP contribution in [0.25, 0.3) is 16.8 Å². The number of allylic oxidation sites excluding steroid dienone is 1. The first kappa shape index (κ1) is 8.48. The van der Waals surface area contributed by atoms with E-state index < -0.39 is 0 Å². The molecule has 1 aliphatic rings. The molecule has 2 nitrogen and oxygen atoms in total. The Labute approximate surface area is 88.4 Å². The highest BCUT2D eigenvalue weighted by atomic mass is 14.7. The standard InChI is InChI=1S/C13H12N2/c14-10-5-6-11-9(7-10)8-15-13-4-2-1-3-12(11)13/h1,3,5-8H,2,4,14H2. The Morgan fingerprint density at radius 1 is 1.27 bits per heavy atom. The second-order valence-corrected chi connectivity index (χ2v) is 3.91. The molecule has 0 amide bonds. The van der Waals surface area contributed by atoms with Crippen molar-refractivity contribution in [3.63, 3.8) is 0 Å². The normalized spacial score (nSPS) is 14.1. The largest absolute Gasteiger partial charge is 0.399 e. The Morgan fingerprint density at radius 2 is 2.20 bits per heavy atom. The van der Waals surface area contributed by atoms with Gasteiger partial charge in [0, 0.05) is 28.5 Å². The molecule has 1 aromatic carbocycles. The van der Waals surface area contributed by atoms with Gasteiger partial charge < -0.3 is 5.73 Å². The number of rotatable bonds is 0. The maximum Gasteiger partial charge on any atom is 0.0485 e. The molecule has 2 heteroatoms. The average molecular weight is 196 g/mol. The fourth-order valence-corrected chi connectivity index (χ4v) is 2.11. The monoisotopic (exact) mass is 196 g/mol. The molecule has 2 N–H and O–H groups in total. The van der Waals surface area contributed by atoms with E-state index in [1.165, 1.54) is 16.6 Å². The quantitative estimate of drug-likeness (QED) is 0.658. The molecule has 0 bridgehead atoms. The number of fused-ring (bicyclic) bond motifs is 3. The van der Waals surface area contributed by atoms with Gasteiger partial charge in [0.2, 0.25) is 0 Å². The minimum absolute atomic E-state index is 0.795. The van der Waals surface area contributed by atoms with Crippen molar-refractivity contribution in [3.05, 3.63) is 41.7 Å². The number of hydrogen-bond donors (Lipinski definition) is 1. The zero-order valence-electron chi connectivity index (χ0n) is 8.40. The molecule has 0 spiro atoms. The van der Waals surface area contributed by atoms with Crippen molar-refractivity contribution in [2.75, 3.05) is 5.73 Å². The van der Waals surface area contributed by atoms with Gasteiger partial charge in [0.1, 0.15) is 0 Å². The van der Waals surface area contributed by atoms with E-state index in [4.69, 9.17) is 5.73 Å². The minimum atomic E-state index is 0.795. The molecule has 1 aromatic heterocycles. The van der Waals surface area contributed by atoms with Gasteiger partial charge in [0.05, 0.1) is 0 Å². The highest BCUT2D eigenvalue weighted by Crippen LogP contribution is 2.27. The van der Waals surface area contributed by atoms with Crippen molar-refractivity contribution < 1.29 is 0 Å². The average Bonchev–Trinajstić information content (AvgIpc) is 2.28. The number of hydrogen-bond acceptors (Lipinski definition) is 2. The van der Waals surface area contributed by atoms with Crippen LogP contribution in [0.1, 0.15) is 17.7 Å². The van der Waals surface area contributed by atoms with Crippen LogP contribution in [-0.4, -0.2) is 4.98 Å². The van der Waals surface area contributed by atoms with E-state index in [1.54, 1.807) is 0 Å². The third-order valence-corrected chi connectivity index (χ3v) is 2.87. The second kappa shape index (κ2) is 3.09. The lowest BCUT2D eigenvalue weighted by atomic mass is 9.97. The van der Waals surface area contributed by atoms with Gasteiger partial charge in [-0.05, 0) is 30.4 Å². The number of benzene rings is 1. The van der Waals surface area contributed by atoms with Crippen LogP contribution in [0.2, 0.25) is 0 Å². The Balaban J connectivity index is 2.38. The predicted molar refractivity (Wildman–Crippen MR) is 63.5 cm³/mol. The van der Waals surface area contributed by atoms with Gasteiger partial charge in [-0.15, -0.1) is 0 Å². The first-order chi connectivity index (χ1) is 7.34. The van der Waals surface area contributed by atoms with E-state index in [9.17, 15) is 0 Å². The van der Waals surface area contributed by atoms with Gasteiger partial charge >= 0.3 is 0 Å². The summed E-state index contributed by atoms with van der Waals surface area (Å²) in [5, 5.41) is 2.38. The van der Waals surface area contributed by atoms with Crippen LogP contribution in [0.5, 0.6) is 0 Å². The summed E-state index contributed by atoms with van der Waals surface area (Å²) in [7, 11) is 0. The van der Waals surface area contributed by atoms with Crippen molar-refractivity contribution in [2.45, 2.75) is 12.8 Å². The number of nitrogen functional groups attached to an aromatic ring is 1. The van der Waals surface area contributed by atoms with E-state index in [2.05, 4.69) is 23.2 Å². The van der Waals surface area contributed by atoms with Gasteiger partial charge in [-0.1, -0.05) is 18.2 Å². The molecule has 3 rings (SSSR count). The van der Waals surface area contributed by atoms with Gasteiger partial charge in [-0.2, -0.15) is 0 Å². The lowest BCUT2D eigenvalue weighted by Gasteiger charge is -2.12. The number of anilines is 1. The van der Waals surface area contributed by atoms with Gasteiger partial charge in [0.15, 0.2) is 0 Å². The summed E-state index contributed by atoms with van der Waals surface area (Å²) in [5.74, 6) is 0. The van der Waals surface area contributed by atoms with Crippen molar-refractivity contribution in [3.8, 4) is 0 Å². The molecule has 74 valence electrons. The molecule has 2 aromatic rings. The summed E-state index contributed by atoms with van der Waals surface area (Å²) in [6.07, 6.45) is 8.44. The zero-order valence-corrected chi connectivity index (χ0v) is 8.40. The minimum Gasteiger partial charge on any atom is -0.399 e. The fraction of sp³-hybridized carbons (Fsp3) is 0.154. The molecule has 0 atom stereocenters. The van der Waals surface area contributed by atoms with E-state index in [0.29, 0.717) is 0 Å². The van der Waals surface area contributed by atoms with Crippen LogP contribution in [0.15, 0.2) is 30.5 Å². The van der Waals surface area contributed by atoms with Crippen molar-refractivity contribution in [1.82, 2.24) is 4.98 Å². The SMILES string of the molecule is Nc1ccc2c3c(ncc2c1)CCC=C3. The Bertz CT molecular complexity index is 556. The maximum absolute atomic E-state index is 5.75. The zero-order chi connectivity index (χ0) is 10.3. The number of nitrogens with two attached hydrogens (primary N) is 1. The molecule has 0 unspecified atom stereocenters. The van der Waals surface area contributed by atoms with Crippen LogP contribution < -0.4 is 5.73 Å². The van der Waals surface area contributed by atoms with Crippen LogP contribution in [0.3, 0.4) is 0 Å². The number of aromatic nitrogens is 1. The summed E-state index contributed by atoms with van der Waals surface area (Å²) in [5.41, 5.74) is 9.02. The summed E-state index contributed by atoms with van der Waals surface area (Å²) in [6, 6.07) is 6.01. The van der Waals surface area contributed by atoms with Crippen molar-refractivity contribution in [1.29, 1.82) is 0 Å². The van der Waals surface area contributed by atoms with E-state index in [-0.39, 0.29) is 0 Å². The lowest BCUT2D eigenvalue weighted by Crippen LogP contribution is -1.98. The predicted octanol–water partition coefficient (Wildman–Crippen LogP) is 2.78. The van der Waals surface area contributed by atoms with Gasteiger partial charge in [-0.3, -0.25) is 4.98 Å². The van der Waals surface area contributed by atoms with Crippen LogP contribution >= 0.6 is 0 Å². The number of nitrogens with zero attached hydrogens (tertiary/aromatic N) is 1. The number of aryl methyl sites for hydroxylation is 1. The Morgan fingerprint density at radius 3 is 3.13 bits per heavy atom. The first-order valence-corrected chi connectivity index (χ1v) is 5.18. The van der Waals surface area contributed by atoms with Crippen LogP contribution in [-0.2, 0) is 6.42 Å². The lowest BCUT2D eigenvalue weighted by molar-refractivity contribution is 0.933. The number of pyridine rings is 1. The van der Waals surface area contributed by atoms with Crippen molar-refractivity contribution >= 4 is 22.5 Å². The molecular formula is C13H12N2. The molecule has 15 heavy (non-hydrogen) atoms. The highest BCUT2D eigenvalue weighted by Gasteiger charge is 2.09. The highest BCUT2D eigenvalue weighted by molar-refractivity contribution is 5.92. The topological polar surface area (TPSA) is 38.9 Å². The summed E-state index contributed by atoms with van der Waals surface area (Å²) in [4.78, 5) is 4.48. The van der Waals surface area contributed by atoms with E-state index in [0.717, 1.165) is 23.9 Å². The van der Waals surface area contributed by atoms with E-state index >= 15 is 0 Å². The molecule has 1 heterocycles. The maximum atomic E-state index is 5.75. The van der Waals surface area contributed by atoms with E-state index in [1.807, 2.05) is 18.3 Å². The van der Waals surface area contributed by atoms with Crippen LogP contribution in [0, 0.1) is 0 Å². The second-order valence-electron chi connectivity index (χ2n) is 3.91. The molecular weight excluding hydrogens is 184 g/mol. The third kappa shape index (κ3) is 1.30. The molecule has 0 saturated carbocycles.